The molecule has 0 aliphatic rings. The zero-order valence-electron chi connectivity index (χ0n) is 22.4. The average molecular weight is 407 g/mol. The molecule has 0 spiro atoms. The SMILES string of the molecule is [2H]C([2H])([2H])c1ccc2c(n1)oc1c(-c3cc(-c4ccc5ccccc5c4C([2H])([2H])[2H])ccn3)cccc12. The fourth-order valence-electron chi connectivity index (χ4n) is 4.14. The number of pyridine rings is 2. The van der Waals surface area contributed by atoms with Gasteiger partial charge in [-0.05, 0) is 71.5 Å². The van der Waals surface area contributed by atoms with E-state index in [0.29, 0.717) is 38.7 Å². The Morgan fingerprint density at radius 2 is 1.71 bits per heavy atom. The van der Waals surface area contributed by atoms with E-state index in [0.717, 1.165) is 16.3 Å². The standard InChI is InChI=1S/C28H20N2O/c1-17-10-12-24-23-8-5-9-25(27(23)31-28(24)30-17)26-16-20(14-15-29-26)22-13-11-19-6-3-4-7-21(19)18(22)2/h3-16H,1-2H3/i1D3,2D3. The minimum Gasteiger partial charge on any atom is -0.437 e. The van der Waals surface area contributed by atoms with Gasteiger partial charge in [-0.3, -0.25) is 4.98 Å². The summed E-state index contributed by atoms with van der Waals surface area (Å²) in [5.41, 5.74) is 3.67. The summed E-state index contributed by atoms with van der Waals surface area (Å²) in [6.07, 6.45) is 1.65. The Morgan fingerprint density at radius 3 is 2.65 bits per heavy atom. The van der Waals surface area contributed by atoms with Gasteiger partial charge < -0.3 is 4.42 Å². The summed E-state index contributed by atoms with van der Waals surface area (Å²) in [6.45, 7) is -4.66. The van der Waals surface area contributed by atoms with Crippen molar-refractivity contribution < 1.29 is 12.6 Å². The maximum absolute atomic E-state index is 8.25. The van der Waals surface area contributed by atoms with Crippen LogP contribution in [-0.4, -0.2) is 9.97 Å². The van der Waals surface area contributed by atoms with Gasteiger partial charge in [-0.2, -0.15) is 0 Å². The zero-order chi connectivity index (χ0) is 25.9. The summed E-state index contributed by atoms with van der Waals surface area (Å²) >= 11 is 0. The van der Waals surface area contributed by atoms with Crippen molar-refractivity contribution in [2.75, 3.05) is 0 Å². The molecule has 0 atom stereocenters. The summed E-state index contributed by atoms with van der Waals surface area (Å²) in [7, 11) is 0. The van der Waals surface area contributed by atoms with Gasteiger partial charge in [0.05, 0.1) is 5.69 Å². The molecule has 0 saturated carbocycles. The third-order valence-electron chi connectivity index (χ3n) is 5.64. The van der Waals surface area contributed by atoms with E-state index in [9.17, 15) is 0 Å². The first-order valence-electron chi connectivity index (χ1n) is 12.9. The van der Waals surface area contributed by atoms with E-state index >= 15 is 0 Å². The molecule has 0 amide bonds. The number of aromatic nitrogens is 2. The van der Waals surface area contributed by atoms with E-state index in [4.69, 9.17) is 12.6 Å². The van der Waals surface area contributed by atoms with Crippen molar-refractivity contribution >= 4 is 32.8 Å². The van der Waals surface area contributed by atoms with Gasteiger partial charge in [0.25, 0.3) is 0 Å². The second-order valence-electron chi connectivity index (χ2n) is 7.47. The van der Waals surface area contributed by atoms with Crippen molar-refractivity contribution in [1.29, 1.82) is 0 Å². The topological polar surface area (TPSA) is 38.9 Å². The van der Waals surface area contributed by atoms with E-state index in [1.165, 1.54) is 6.07 Å². The molecule has 0 N–H and O–H groups in total. The molecule has 0 saturated heterocycles. The van der Waals surface area contributed by atoms with Crippen LogP contribution in [0.1, 0.15) is 19.5 Å². The molecule has 3 heteroatoms. The molecule has 148 valence electrons. The predicted octanol–water partition coefficient (Wildman–Crippen LogP) is 7.48. The largest absolute Gasteiger partial charge is 0.437 e. The Hall–Kier alpha value is -3.98. The fraction of sp³-hybridized carbons (Fsp3) is 0.0714. The van der Waals surface area contributed by atoms with Gasteiger partial charge in [-0.1, -0.05) is 48.5 Å². The Bertz CT molecular complexity index is 1820. The number of hydrogen-bond donors (Lipinski definition) is 0. The molecule has 3 heterocycles. The lowest BCUT2D eigenvalue weighted by molar-refractivity contribution is 0.653. The molecule has 0 radical (unpaired) electrons. The van der Waals surface area contributed by atoms with Gasteiger partial charge in [0, 0.05) is 36.5 Å². The van der Waals surface area contributed by atoms with Crippen LogP contribution in [0.25, 0.3) is 55.2 Å². The van der Waals surface area contributed by atoms with Crippen molar-refractivity contribution in [2.24, 2.45) is 0 Å². The molecule has 3 aromatic heterocycles. The molecule has 6 aromatic rings. The summed E-state index contributed by atoms with van der Waals surface area (Å²) in [6, 6.07) is 23.7. The minimum atomic E-state index is -2.34. The number of rotatable bonds is 2. The number of benzene rings is 3. The van der Waals surface area contributed by atoms with Crippen molar-refractivity contribution in [1.82, 2.24) is 9.97 Å². The van der Waals surface area contributed by atoms with Crippen LogP contribution in [0.3, 0.4) is 0 Å². The Kier molecular flexibility index (Phi) is 2.77. The summed E-state index contributed by atoms with van der Waals surface area (Å²) in [4.78, 5) is 8.79. The van der Waals surface area contributed by atoms with Crippen LogP contribution in [0.4, 0.5) is 0 Å². The zero-order valence-corrected chi connectivity index (χ0v) is 16.4. The molecule has 31 heavy (non-hydrogen) atoms. The highest BCUT2D eigenvalue weighted by Gasteiger charge is 2.15. The number of hydrogen-bond acceptors (Lipinski definition) is 3. The van der Waals surface area contributed by atoms with Crippen LogP contribution < -0.4 is 0 Å². The fourth-order valence-corrected chi connectivity index (χ4v) is 4.14. The summed E-state index contributed by atoms with van der Waals surface area (Å²) < 4.78 is 53.8. The lowest BCUT2D eigenvalue weighted by Gasteiger charge is -2.11. The first kappa shape index (κ1) is 12.7. The number of furan rings is 1. The first-order chi connectivity index (χ1) is 17.6. The molecule has 3 nitrogen and oxygen atoms in total. The average Bonchev–Trinajstić information content (AvgIpc) is 3.25. The smallest absolute Gasteiger partial charge is 0.227 e. The third-order valence-corrected chi connectivity index (χ3v) is 5.64. The van der Waals surface area contributed by atoms with Crippen LogP contribution in [0, 0.1) is 13.7 Å². The molecule has 0 aliphatic carbocycles. The quantitative estimate of drug-likeness (QED) is 0.299. The highest BCUT2D eigenvalue weighted by atomic mass is 16.3. The van der Waals surface area contributed by atoms with E-state index < -0.39 is 13.7 Å². The van der Waals surface area contributed by atoms with E-state index in [1.807, 2.05) is 60.7 Å². The number of fused-ring (bicyclic) bond motifs is 4. The Morgan fingerprint density at radius 1 is 0.774 bits per heavy atom. The second-order valence-corrected chi connectivity index (χ2v) is 7.47. The highest BCUT2D eigenvalue weighted by Crippen LogP contribution is 2.36. The second kappa shape index (κ2) is 6.78. The highest BCUT2D eigenvalue weighted by molar-refractivity contribution is 6.08. The van der Waals surface area contributed by atoms with Gasteiger partial charge in [0.15, 0.2) is 0 Å². The Balaban J connectivity index is 1.55. The van der Waals surface area contributed by atoms with E-state index in [2.05, 4.69) is 9.97 Å². The van der Waals surface area contributed by atoms with Gasteiger partial charge in [-0.15, -0.1) is 0 Å². The first-order valence-corrected chi connectivity index (χ1v) is 9.93. The molecule has 0 aliphatic heterocycles. The molecule has 6 rings (SSSR count). The molecule has 0 bridgehead atoms. The monoisotopic (exact) mass is 406 g/mol. The van der Waals surface area contributed by atoms with Crippen molar-refractivity contribution in [3.8, 4) is 22.4 Å². The van der Waals surface area contributed by atoms with E-state index in [1.54, 1.807) is 18.3 Å². The van der Waals surface area contributed by atoms with Crippen LogP contribution in [0.5, 0.6) is 0 Å². The molecular formula is C28H20N2O. The van der Waals surface area contributed by atoms with Gasteiger partial charge in [-0.25, -0.2) is 4.98 Å². The van der Waals surface area contributed by atoms with Gasteiger partial charge in [0.1, 0.15) is 5.58 Å². The van der Waals surface area contributed by atoms with Crippen molar-refractivity contribution in [3.05, 3.63) is 96.3 Å². The number of para-hydroxylation sites is 1. The van der Waals surface area contributed by atoms with Gasteiger partial charge >= 0.3 is 0 Å². The minimum absolute atomic E-state index is 0.0331. The van der Waals surface area contributed by atoms with Crippen molar-refractivity contribution in [2.45, 2.75) is 13.7 Å². The normalized spacial score (nSPS) is 15.2. The summed E-state index contributed by atoms with van der Waals surface area (Å²) in [5, 5.41) is 3.05. The lowest BCUT2D eigenvalue weighted by Crippen LogP contribution is -1.89. The molecule has 0 fully saturated rings. The van der Waals surface area contributed by atoms with Crippen LogP contribution in [0.2, 0.25) is 0 Å². The third kappa shape index (κ3) is 2.82. The van der Waals surface area contributed by atoms with Crippen LogP contribution in [0.15, 0.2) is 89.5 Å². The number of aryl methyl sites for hydroxylation is 2. The number of nitrogens with zero attached hydrogens (tertiary/aromatic N) is 2. The van der Waals surface area contributed by atoms with Crippen LogP contribution in [-0.2, 0) is 0 Å². The predicted molar refractivity (Wildman–Crippen MR) is 127 cm³/mol. The molecule has 3 aromatic carbocycles. The van der Waals surface area contributed by atoms with Gasteiger partial charge in [0.2, 0.25) is 5.71 Å². The molecular weight excluding hydrogens is 380 g/mol. The van der Waals surface area contributed by atoms with E-state index in [-0.39, 0.29) is 11.4 Å². The summed E-state index contributed by atoms with van der Waals surface area (Å²) in [5.74, 6) is 0. The van der Waals surface area contributed by atoms with Crippen LogP contribution >= 0.6 is 0 Å². The van der Waals surface area contributed by atoms with Crippen molar-refractivity contribution in [3.63, 3.8) is 0 Å². The maximum atomic E-state index is 8.25. The maximum Gasteiger partial charge on any atom is 0.227 e. The molecule has 0 unspecified atom stereocenters. The lowest BCUT2D eigenvalue weighted by atomic mass is 9.94. The Labute approximate surface area is 188 Å².